The summed E-state index contributed by atoms with van der Waals surface area (Å²) in [6.45, 7) is 7.30. The Labute approximate surface area is 186 Å². The minimum Gasteiger partial charge on any atom is -0.497 e. The van der Waals surface area contributed by atoms with Crippen LogP contribution in [0, 0.1) is 13.8 Å². The van der Waals surface area contributed by atoms with E-state index in [-0.39, 0.29) is 11.9 Å². The van der Waals surface area contributed by atoms with Crippen LogP contribution < -0.4 is 10.1 Å². The van der Waals surface area contributed by atoms with Gasteiger partial charge < -0.3 is 14.8 Å². The number of amides is 1. The van der Waals surface area contributed by atoms with Gasteiger partial charge >= 0.3 is 0 Å². The smallest absolute Gasteiger partial charge is 0.256 e. The second-order valence-electron chi connectivity index (χ2n) is 7.55. The number of nitrogens with zero attached hydrogens (tertiary/aromatic N) is 2. The molecule has 1 amide bonds. The molecule has 31 heavy (non-hydrogen) atoms. The maximum atomic E-state index is 13.0. The summed E-state index contributed by atoms with van der Waals surface area (Å²) in [6, 6.07) is 11.2. The molecule has 7 heteroatoms. The Morgan fingerprint density at radius 1 is 1.19 bits per heavy atom. The zero-order chi connectivity index (χ0) is 21.8. The van der Waals surface area contributed by atoms with Gasteiger partial charge in [0.25, 0.3) is 5.91 Å². The first kappa shape index (κ1) is 21.5. The zero-order valence-corrected chi connectivity index (χ0v) is 18.9. The van der Waals surface area contributed by atoms with Gasteiger partial charge in [0, 0.05) is 41.5 Å². The van der Waals surface area contributed by atoms with Gasteiger partial charge in [-0.05, 0) is 55.3 Å². The van der Waals surface area contributed by atoms with Crippen molar-refractivity contribution in [2.45, 2.75) is 19.9 Å². The molecular formula is C24H27N3O3S. The first-order valence-electron chi connectivity index (χ1n) is 10.4. The molecule has 1 N–H and O–H groups in total. The summed E-state index contributed by atoms with van der Waals surface area (Å²) < 4.78 is 10.8. The van der Waals surface area contributed by atoms with E-state index in [2.05, 4.69) is 35.1 Å². The van der Waals surface area contributed by atoms with Crippen molar-refractivity contribution in [3.63, 3.8) is 0 Å². The maximum Gasteiger partial charge on any atom is 0.256 e. The fourth-order valence-corrected chi connectivity index (χ4v) is 5.01. The number of benzene rings is 1. The van der Waals surface area contributed by atoms with Gasteiger partial charge in [0.1, 0.15) is 10.8 Å². The number of hydrogen-bond donors (Lipinski definition) is 1. The van der Waals surface area contributed by atoms with Crippen LogP contribution in [-0.4, -0.2) is 49.2 Å². The average molecular weight is 438 g/mol. The molecule has 3 aromatic rings. The van der Waals surface area contributed by atoms with E-state index in [0.717, 1.165) is 35.0 Å². The van der Waals surface area contributed by atoms with Gasteiger partial charge in [0.2, 0.25) is 0 Å². The fraction of sp³-hybridized carbons (Fsp3) is 0.333. The van der Waals surface area contributed by atoms with Crippen LogP contribution >= 0.6 is 11.3 Å². The van der Waals surface area contributed by atoms with E-state index in [0.29, 0.717) is 18.8 Å². The number of rotatable bonds is 6. The number of ether oxygens (including phenoxy) is 2. The van der Waals surface area contributed by atoms with E-state index < -0.39 is 0 Å². The molecule has 1 fully saturated rings. The Morgan fingerprint density at radius 2 is 1.94 bits per heavy atom. The van der Waals surface area contributed by atoms with Crippen molar-refractivity contribution >= 4 is 22.2 Å². The molecule has 3 heterocycles. The average Bonchev–Trinajstić information content (AvgIpc) is 3.08. The van der Waals surface area contributed by atoms with Crippen LogP contribution in [-0.2, 0) is 4.74 Å². The van der Waals surface area contributed by atoms with Gasteiger partial charge in [-0.3, -0.25) is 14.7 Å². The molecule has 1 atom stereocenters. The first-order valence-corrected chi connectivity index (χ1v) is 11.2. The lowest BCUT2D eigenvalue weighted by Crippen LogP contribution is -2.40. The van der Waals surface area contributed by atoms with Gasteiger partial charge in [-0.2, -0.15) is 0 Å². The SMILES string of the molecule is COc1ccc(C(=O)Nc2sc(C)c(C)c2C(c2cccnc2)N2CCOCC2)cc1. The number of thiophene rings is 1. The molecule has 0 aliphatic carbocycles. The third-order valence-corrected chi connectivity index (χ3v) is 6.83. The lowest BCUT2D eigenvalue weighted by Gasteiger charge is -2.35. The number of pyridine rings is 1. The van der Waals surface area contributed by atoms with Gasteiger partial charge in [0.15, 0.2) is 0 Å². The molecule has 6 nitrogen and oxygen atoms in total. The summed E-state index contributed by atoms with van der Waals surface area (Å²) in [5, 5.41) is 4.06. The van der Waals surface area contributed by atoms with Crippen molar-refractivity contribution < 1.29 is 14.3 Å². The third kappa shape index (κ3) is 4.63. The van der Waals surface area contributed by atoms with Crippen molar-refractivity contribution in [1.29, 1.82) is 0 Å². The zero-order valence-electron chi connectivity index (χ0n) is 18.1. The van der Waals surface area contributed by atoms with Crippen LogP contribution in [0.5, 0.6) is 5.75 Å². The standard InChI is InChI=1S/C24H27N3O3S/c1-16-17(2)31-24(26-23(28)18-6-8-20(29-3)9-7-18)21(16)22(19-5-4-10-25-15-19)27-11-13-30-14-12-27/h4-10,15,22H,11-14H2,1-3H3,(H,26,28). The summed E-state index contributed by atoms with van der Waals surface area (Å²) in [4.78, 5) is 21.0. The Kier molecular flexibility index (Phi) is 6.65. The molecule has 0 spiro atoms. The van der Waals surface area contributed by atoms with Gasteiger partial charge in [0.05, 0.1) is 26.4 Å². The summed E-state index contributed by atoms with van der Waals surface area (Å²) in [7, 11) is 1.61. The molecule has 0 bridgehead atoms. The molecule has 0 saturated carbocycles. The predicted octanol–water partition coefficient (Wildman–Crippen LogP) is 4.44. The maximum absolute atomic E-state index is 13.0. The largest absolute Gasteiger partial charge is 0.497 e. The highest BCUT2D eigenvalue weighted by molar-refractivity contribution is 7.16. The molecule has 1 saturated heterocycles. The van der Waals surface area contributed by atoms with Crippen LogP contribution in [0.15, 0.2) is 48.8 Å². The number of anilines is 1. The molecule has 1 aliphatic heterocycles. The van der Waals surface area contributed by atoms with E-state index in [1.165, 1.54) is 10.4 Å². The molecule has 1 unspecified atom stereocenters. The molecule has 1 aliphatic rings. The molecule has 2 aromatic heterocycles. The minimum absolute atomic E-state index is 0.00807. The number of methoxy groups -OCH3 is 1. The number of carbonyl (C=O) groups excluding carboxylic acids is 1. The summed E-state index contributed by atoms with van der Waals surface area (Å²) in [6.07, 6.45) is 3.71. The molecule has 162 valence electrons. The van der Waals surface area contributed by atoms with Crippen LogP contribution in [0.1, 0.15) is 38.0 Å². The van der Waals surface area contributed by atoms with Gasteiger partial charge in [-0.1, -0.05) is 6.07 Å². The van der Waals surface area contributed by atoms with Crippen LogP contribution in [0.4, 0.5) is 5.00 Å². The van der Waals surface area contributed by atoms with E-state index in [9.17, 15) is 4.79 Å². The number of morpholine rings is 1. The third-order valence-electron chi connectivity index (χ3n) is 5.70. The lowest BCUT2D eigenvalue weighted by atomic mass is 9.95. The van der Waals surface area contributed by atoms with Crippen molar-refractivity contribution in [2.75, 3.05) is 38.7 Å². The highest BCUT2D eigenvalue weighted by atomic mass is 32.1. The number of carbonyl (C=O) groups is 1. The van der Waals surface area contributed by atoms with Crippen LogP contribution in [0.25, 0.3) is 0 Å². The first-order chi connectivity index (χ1) is 15.1. The Hall–Kier alpha value is -2.74. The predicted molar refractivity (Wildman–Crippen MR) is 123 cm³/mol. The summed E-state index contributed by atoms with van der Waals surface area (Å²) in [5.74, 6) is 0.598. The Morgan fingerprint density at radius 3 is 2.58 bits per heavy atom. The molecule has 4 rings (SSSR count). The molecule has 0 radical (unpaired) electrons. The Bertz CT molecular complexity index is 1030. The lowest BCUT2D eigenvalue weighted by molar-refractivity contribution is 0.0239. The monoisotopic (exact) mass is 437 g/mol. The van der Waals surface area contributed by atoms with E-state index >= 15 is 0 Å². The van der Waals surface area contributed by atoms with Crippen molar-refractivity contribution in [2.24, 2.45) is 0 Å². The van der Waals surface area contributed by atoms with E-state index in [4.69, 9.17) is 9.47 Å². The van der Waals surface area contributed by atoms with E-state index in [1.807, 2.05) is 12.3 Å². The summed E-state index contributed by atoms with van der Waals surface area (Å²) >= 11 is 1.62. The van der Waals surface area contributed by atoms with Crippen LogP contribution in [0.2, 0.25) is 0 Å². The van der Waals surface area contributed by atoms with Crippen molar-refractivity contribution in [1.82, 2.24) is 9.88 Å². The normalized spacial score (nSPS) is 15.5. The minimum atomic E-state index is -0.128. The van der Waals surface area contributed by atoms with Crippen molar-refractivity contribution in [3.8, 4) is 5.75 Å². The number of aryl methyl sites for hydroxylation is 1. The highest BCUT2D eigenvalue weighted by Gasteiger charge is 2.30. The van der Waals surface area contributed by atoms with Gasteiger partial charge in [-0.25, -0.2) is 0 Å². The highest BCUT2D eigenvalue weighted by Crippen LogP contribution is 2.42. The topological polar surface area (TPSA) is 63.7 Å². The van der Waals surface area contributed by atoms with Crippen molar-refractivity contribution in [3.05, 3.63) is 75.9 Å². The second kappa shape index (κ2) is 9.60. The quantitative estimate of drug-likeness (QED) is 0.618. The van der Waals surface area contributed by atoms with Crippen LogP contribution in [0.3, 0.4) is 0 Å². The fourth-order valence-electron chi connectivity index (χ4n) is 3.92. The summed E-state index contributed by atoms with van der Waals surface area (Å²) in [5.41, 5.74) is 4.06. The molecular weight excluding hydrogens is 410 g/mol. The number of hydrogen-bond acceptors (Lipinski definition) is 6. The molecule has 1 aromatic carbocycles. The number of aromatic nitrogens is 1. The van der Waals surface area contributed by atoms with E-state index in [1.54, 1.807) is 48.9 Å². The number of nitrogens with one attached hydrogen (secondary N) is 1. The second-order valence-corrected chi connectivity index (χ2v) is 8.77. The Balaban J connectivity index is 1.71. The van der Waals surface area contributed by atoms with Gasteiger partial charge in [-0.15, -0.1) is 11.3 Å².